The number of benzene rings is 2. The van der Waals surface area contributed by atoms with Crippen LogP contribution in [-0.4, -0.2) is 18.6 Å². The van der Waals surface area contributed by atoms with Crippen molar-refractivity contribution in [1.82, 2.24) is 5.32 Å². The molecule has 2 aromatic carbocycles. The number of ether oxygens (including phenoxy) is 1. The summed E-state index contributed by atoms with van der Waals surface area (Å²) in [6.07, 6.45) is 5.94. The van der Waals surface area contributed by atoms with E-state index < -0.39 is 0 Å². The van der Waals surface area contributed by atoms with Gasteiger partial charge in [-0.25, -0.2) is 0 Å². The number of hydrogen-bond acceptors (Lipinski definition) is 3. The molecular formula is C21H22N2O2. The van der Waals surface area contributed by atoms with Gasteiger partial charge in [0.1, 0.15) is 17.4 Å². The van der Waals surface area contributed by atoms with Gasteiger partial charge in [0.15, 0.2) is 0 Å². The smallest absolute Gasteiger partial charge is 0.262 e. The lowest BCUT2D eigenvalue weighted by Gasteiger charge is -2.12. The predicted molar refractivity (Wildman–Crippen MR) is 99.1 cm³/mol. The van der Waals surface area contributed by atoms with Crippen LogP contribution < -0.4 is 10.1 Å². The van der Waals surface area contributed by atoms with Gasteiger partial charge in [0.2, 0.25) is 0 Å². The van der Waals surface area contributed by atoms with E-state index in [1.807, 2.05) is 49.4 Å². The maximum Gasteiger partial charge on any atom is 0.262 e. The molecule has 1 aliphatic rings. The van der Waals surface area contributed by atoms with Crippen molar-refractivity contribution in [3.05, 3.63) is 47.5 Å². The van der Waals surface area contributed by atoms with E-state index in [1.165, 1.54) is 0 Å². The van der Waals surface area contributed by atoms with Gasteiger partial charge in [0.25, 0.3) is 5.91 Å². The van der Waals surface area contributed by atoms with E-state index in [0.29, 0.717) is 6.61 Å². The topological polar surface area (TPSA) is 62.1 Å². The van der Waals surface area contributed by atoms with E-state index in [4.69, 9.17) is 4.74 Å². The molecule has 0 spiro atoms. The Morgan fingerprint density at radius 2 is 1.96 bits per heavy atom. The van der Waals surface area contributed by atoms with Crippen molar-refractivity contribution in [3.63, 3.8) is 0 Å². The highest BCUT2D eigenvalue weighted by Gasteiger charge is 2.19. The van der Waals surface area contributed by atoms with Gasteiger partial charge in [0.05, 0.1) is 6.61 Å². The SMILES string of the molecule is CCOc1ccc(/C=C(\C#N)C(=O)NC2CCCC2)c2ccccc12. The Morgan fingerprint density at radius 1 is 1.24 bits per heavy atom. The minimum atomic E-state index is -0.285. The van der Waals surface area contributed by atoms with Crippen LogP contribution in [0.5, 0.6) is 5.75 Å². The Bertz CT molecular complexity index is 843. The number of nitriles is 1. The van der Waals surface area contributed by atoms with Crippen LogP contribution in [0.15, 0.2) is 42.0 Å². The number of carbonyl (C=O) groups is 1. The first-order valence-corrected chi connectivity index (χ1v) is 8.80. The molecule has 128 valence electrons. The molecule has 0 bridgehead atoms. The second kappa shape index (κ2) is 7.85. The molecule has 1 N–H and O–H groups in total. The number of fused-ring (bicyclic) bond motifs is 1. The normalized spacial score (nSPS) is 15.1. The third kappa shape index (κ3) is 3.83. The highest BCUT2D eigenvalue weighted by Crippen LogP contribution is 2.30. The Labute approximate surface area is 148 Å². The van der Waals surface area contributed by atoms with E-state index in [-0.39, 0.29) is 17.5 Å². The Morgan fingerprint density at radius 3 is 2.64 bits per heavy atom. The molecule has 0 aromatic heterocycles. The van der Waals surface area contributed by atoms with E-state index >= 15 is 0 Å². The van der Waals surface area contributed by atoms with Crippen LogP contribution in [-0.2, 0) is 4.79 Å². The van der Waals surface area contributed by atoms with Crippen molar-refractivity contribution in [2.24, 2.45) is 0 Å². The minimum absolute atomic E-state index is 0.140. The first kappa shape index (κ1) is 17.0. The molecule has 0 saturated heterocycles. The first-order chi connectivity index (χ1) is 12.2. The zero-order valence-electron chi connectivity index (χ0n) is 14.4. The average molecular weight is 334 g/mol. The summed E-state index contributed by atoms with van der Waals surface area (Å²) in [6, 6.07) is 13.9. The molecule has 1 amide bonds. The Hall–Kier alpha value is -2.80. The van der Waals surface area contributed by atoms with Gasteiger partial charge in [0, 0.05) is 11.4 Å². The van der Waals surface area contributed by atoms with Crippen LogP contribution in [0.2, 0.25) is 0 Å². The summed E-state index contributed by atoms with van der Waals surface area (Å²) in [5.41, 5.74) is 0.985. The molecule has 1 saturated carbocycles. The minimum Gasteiger partial charge on any atom is -0.493 e. The molecule has 25 heavy (non-hydrogen) atoms. The van der Waals surface area contributed by atoms with Gasteiger partial charge in [-0.2, -0.15) is 5.26 Å². The standard InChI is InChI=1S/C21H22N2O2/c1-2-25-20-12-11-15(18-9-5-6-10-19(18)20)13-16(14-22)21(24)23-17-7-3-4-8-17/h5-6,9-13,17H,2-4,7-8H2,1H3,(H,23,24)/b16-13+. The molecule has 0 unspecified atom stereocenters. The third-order valence-corrected chi connectivity index (χ3v) is 4.57. The largest absolute Gasteiger partial charge is 0.493 e. The van der Waals surface area contributed by atoms with Crippen LogP contribution in [0.25, 0.3) is 16.8 Å². The predicted octanol–water partition coefficient (Wildman–Crippen LogP) is 4.20. The molecule has 1 aliphatic carbocycles. The number of nitrogens with one attached hydrogen (secondary N) is 1. The van der Waals surface area contributed by atoms with Gasteiger partial charge in [-0.05, 0) is 42.9 Å². The zero-order valence-corrected chi connectivity index (χ0v) is 14.4. The monoisotopic (exact) mass is 334 g/mol. The highest BCUT2D eigenvalue weighted by atomic mass is 16.5. The summed E-state index contributed by atoms with van der Waals surface area (Å²) in [5, 5.41) is 14.4. The second-order valence-corrected chi connectivity index (χ2v) is 6.26. The molecule has 0 aliphatic heterocycles. The molecule has 4 nitrogen and oxygen atoms in total. The van der Waals surface area contributed by atoms with E-state index in [1.54, 1.807) is 6.08 Å². The zero-order chi connectivity index (χ0) is 17.6. The summed E-state index contributed by atoms with van der Waals surface area (Å²) in [6.45, 7) is 2.54. The van der Waals surface area contributed by atoms with Crippen LogP contribution in [0.3, 0.4) is 0 Å². The van der Waals surface area contributed by atoms with Gasteiger partial charge in [-0.3, -0.25) is 4.79 Å². The van der Waals surface area contributed by atoms with E-state index in [0.717, 1.165) is 47.8 Å². The van der Waals surface area contributed by atoms with E-state index in [9.17, 15) is 10.1 Å². The van der Waals surface area contributed by atoms with Gasteiger partial charge < -0.3 is 10.1 Å². The fourth-order valence-corrected chi connectivity index (χ4v) is 3.34. The third-order valence-electron chi connectivity index (χ3n) is 4.57. The summed E-state index contributed by atoms with van der Waals surface area (Å²) in [5.74, 6) is 0.525. The molecule has 4 heteroatoms. The number of carbonyl (C=O) groups excluding carboxylic acids is 1. The van der Waals surface area contributed by atoms with Crippen molar-refractivity contribution in [3.8, 4) is 11.8 Å². The molecule has 2 aromatic rings. The molecule has 0 atom stereocenters. The van der Waals surface area contributed by atoms with Crippen molar-refractivity contribution in [2.45, 2.75) is 38.6 Å². The fourth-order valence-electron chi connectivity index (χ4n) is 3.34. The highest BCUT2D eigenvalue weighted by molar-refractivity contribution is 6.04. The van der Waals surface area contributed by atoms with Gasteiger partial charge in [-0.15, -0.1) is 0 Å². The van der Waals surface area contributed by atoms with Crippen molar-refractivity contribution >= 4 is 22.8 Å². The quantitative estimate of drug-likeness (QED) is 0.658. The van der Waals surface area contributed by atoms with Crippen molar-refractivity contribution in [2.75, 3.05) is 6.61 Å². The van der Waals surface area contributed by atoms with Crippen LogP contribution in [0.1, 0.15) is 38.2 Å². The van der Waals surface area contributed by atoms with E-state index in [2.05, 4.69) is 5.32 Å². The lowest BCUT2D eigenvalue weighted by molar-refractivity contribution is -0.117. The summed E-state index contributed by atoms with van der Waals surface area (Å²) in [4.78, 5) is 12.4. The average Bonchev–Trinajstić information content (AvgIpc) is 3.14. The van der Waals surface area contributed by atoms with Crippen molar-refractivity contribution < 1.29 is 9.53 Å². The molecule has 0 radical (unpaired) electrons. The van der Waals surface area contributed by atoms with Crippen LogP contribution >= 0.6 is 0 Å². The lowest BCUT2D eigenvalue weighted by atomic mass is 10.0. The Kier molecular flexibility index (Phi) is 5.35. The van der Waals surface area contributed by atoms with Crippen LogP contribution in [0, 0.1) is 11.3 Å². The summed E-state index contributed by atoms with van der Waals surface area (Å²) in [7, 11) is 0. The maximum atomic E-state index is 12.4. The fraction of sp³-hybridized carbons (Fsp3) is 0.333. The molecule has 0 heterocycles. The van der Waals surface area contributed by atoms with Gasteiger partial charge >= 0.3 is 0 Å². The molecule has 3 rings (SSSR count). The number of rotatable bonds is 5. The lowest BCUT2D eigenvalue weighted by Crippen LogP contribution is -2.33. The number of amides is 1. The maximum absolute atomic E-state index is 12.4. The summed E-state index contributed by atoms with van der Waals surface area (Å²) < 4.78 is 5.68. The van der Waals surface area contributed by atoms with Crippen molar-refractivity contribution in [1.29, 1.82) is 5.26 Å². The van der Waals surface area contributed by atoms with Crippen LogP contribution in [0.4, 0.5) is 0 Å². The number of nitrogens with zero attached hydrogens (tertiary/aromatic N) is 1. The molecular weight excluding hydrogens is 312 g/mol. The number of hydrogen-bond donors (Lipinski definition) is 1. The Balaban J connectivity index is 1.94. The molecule has 1 fully saturated rings. The summed E-state index contributed by atoms with van der Waals surface area (Å²) >= 11 is 0. The van der Waals surface area contributed by atoms with Gasteiger partial charge in [-0.1, -0.05) is 43.2 Å². The second-order valence-electron chi connectivity index (χ2n) is 6.26. The first-order valence-electron chi connectivity index (χ1n) is 8.80.